The van der Waals surface area contributed by atoms with E-state index < -0.39 is 47.1 Å². The lowest BCUT2D eigenvalue weighted by molar-refractivity contribution is -0.186. The Morgan fingerprint density at radius 3 is 2.57 bits per heavy atom. The van der Waals surface area contributed by atoms with Crippen molar-refractivity contribution in [2.24, 2.45) is 0 Å². The third kappa shape index (κ3) is 5.16. The summed E-state index contributed by atoms with van der Waals surface area (Å²) in [6.45, 7) is 5.86. The van der Waals surface area contributed by atoms with Gasteiger partial charge in [0, 0.05) is 47.0 Å². The van der Waals surface area contributed by atoms with E-state index in [4.69, 9.17) is 28.4 Å². The molecule has 298 valence electrons. The highest BCUT2D eigenvalue weighted by molar-refractivity contribution is 7.99. The van der Waals surface area contributed by atoms with Gasteiger partial charge in [0.15, 0.2) is 40.0 Å². The molecule has 4 bridgehead atoms. The summed E-state index contributed by atoms with van der Waals surface area (Å²) in [6.07, 6.45) is 0.754. The Balaban J connectivity index is 1.32. The number of thioether (sulfide) groups is 1. The number of phenols is 2. The number of hydrogen-bond donors (Lipinski definition) is 4. The molecule has 7 atom stereocenters. The number of aromatic hydroxyl groups is 2. The number of esters is 2. The van der Waals surface area contributed by atoms with Gasteiger partial charge in [-0.25, -0.2) is 4.79 Å². The van der Waals surface area contributed by atoms with Crippen LogP contribution in [-0.4, -0.2) is 102 Å². The number of phenolic OH excluding ortho intramolecular Hbond substituents is 2. The number of aryl methyl sites for hydroxylation is 1. The minimum atomic E-state index is -1.36. The van der Waals surface area contributed by atoms with Gasteiger partial charge in [-0.3, -0.25) is 19.9 Å². The van der Waals surface area contributed by atoms with Crippen molar-refractivity contribution >= 4 is 23.7 Å². The molecule has 1 unspecified atom stereocenters. The first kappa shape index (κ1) is 37.2. The number of methoxy groups -OCH3 is 2. The second-order valence-electron chi connectivity index (χ2n) is 15.6. The van der Waals surface area contributed by atoms with Crippen LogP contribution in [0.4, 0.5) is 0 Å². The SMILES string of the molecule is CCCC(=O)Oc1c(C)c2c(c3c1[C@H]1SC[C@]4(NCCc5cc(O)c(OC)cc54)C(=O)OC[C@@H]3N3C1[C@H]1c4c(cc(C)c(OC)c4O)C[C@@H]([C@@H]3O)N1C)OCO2. The standard InChI is InChI=1S/C41H47N3O11S/c1-7-8-27(46)55-35-19(3)36-37(54-17-53-36)29-24-15-52-40(49)41(22-14-26(50-5)25(45)13-20(22)9-10-42-41)16-56-38(30(29)35)32-31-28-21(11-18(2)34(51-6)33(28)47)12-23(43(31)4)39(48)44(24)32/h11,13-14,23-24,31-32,38-39,42,45,47-48H,7-10,12,15-17H2,1-6H3/t23-,24-,31+,32?,38+,39-,41+/m0/s1. The predicted octanol–water partition coefficient (Wildman–Crippen LogP) is 4.19. The van der Waals surface area contributed by atoms with E-state index in [-0.39, 0.29) is 48.9 Å². The minimum absolute atomic E-state index is 0.0203. The average Bonchev–Trinajstić information content (AvgIpc) is 3.67. The maximum absolute atomic E-state index is 14.8. The van der Waals surface area contributed by atoms with Crippen LogP contribution in [0.1, 0.15) is 81.6 Å². The summed E-state index contributed by atoms with van der Waals surface area (Å²) in [5, 5.41) is 38.4. The maximum Gasteiger partial charge on any atom is 0.331 e. The fourth-order valence-corrected chi connectivity index (χ4v) is 11.9. The summed E-state index contributed by atoms with van der Waals surface area (Å²) < 4.78 is 36.4. The normalized spacial score (nSPS) is 28.8. The molecule has 7 heterocycles. The third-order valence-corrected chi connectivity index (χ3v) is 14.2. The van der Waals surface area contributed by atoms with E-state index in [1.54, 1.807) is 12.1 Å². The van der Waals surface area contributed by atoms with Crippen molar-refractivity contribution in [2.75, 3.05) is 47.0 Å². The predicted molar refractivity (Wildman–Crippen MR) is 204 cm³/mol. The Bertz CT molecular complexity index is 2160. The molecule has 56 heavy (non-hydrogen) atoms. The van der Waals surface area contributed by atoms with E-state index in [1.807, 2.05) is 38.8 Å². The summed E-state index contributed by atoms with van der Waals surface area (Å²) in [4.78, 5) is 32.4. The molecule has 7 aliphatic heterocycles. The second-order valence-corrected chi connectivity index (χ2v) is 16.7. The lowest BCUT2D eigenvalue weighted by Gasteiger charge is -2.62. The van der Waals surface area contributed by atoms with Crippen molar-refractivity contribution in [1.29, 1.82) is 0 Å². The van der Waals surface area contributed by atoms with Gasteiger partial charge in [0.05, 0.1) is 37.6 Å². The zero-order chi connectivity index (χ0) is 39.4. The van der Waals surface area contributed by atoms with E-state index >= 15 is 0 Å². The number of aliphatic hydroxyl groups excluding tert-OH is 1. The topological polar surface area (TPSA) is 169 Å². The van der Waals surface area contributed by atoms with Gasteiger partial charge in [-0.1, -0.05) is 13.0 Å². The molecular formula is C41H47N3O11S. The van der Waals surface area contributed by atoms with Gasteiger partial charge in [0.1, 0.15) is 18.6 Å². The average molecular weight is 790 g/mol. The highest BCUT2D eigenvalue weighted by Crippen LogP contribution is 2.64. The second kappa shape index (κ2) is 13.6. The molecule has 10 rings (SSSR count). The molecule has 0 aliphatic carbocycles. The van der Waals surface area contributed by atoms with E-state index in [9.17, 15) is 24.9 Å². The van der Waals surface area contributed by atoms with Crippen molar-refractivity contribution in [3.05, 3.63) is 62.7 Å². The van der Waals surface area contributed by atoms with Crippen molar-refractivity contribution in [3.63, 3.8) is 0 Å². The van der Waals surface area contributed by atoms with Crippen molar-refractivity contribution in [3.8, 4) is 40.2 Å². The number of carbonyl (C=O) groups is 2. The number of rotatable bonds is 5. The molecule has 7 aliphatic rings. The summed E-state index contributed by atoms with van der Waals surface area (Å²) in [5.74, 6) is 1.14. The fraction of sp³-hybridized carbons (Fsp3) is 0.512. The number of aliphatic hydroxyl groups is 1. The Hall–Kier alpha value is -4.41. The highest BCUT2D eigenvalue weighted by atomic mass is 32.2. The van der Waals surface area contributed by atoms with Crippen LogP contribution in [0.3, 0.4) is 0 Å². The number of fused-ring (bicyclic) bond motifs is 9. The van der Waals surface area contributed by atoms with Crippen LogP contribution in [0.5, 0.6) is 40.2 Å². The van der Waals surface area contributed by atoms with Crippen molar-refractivity contribution in [1.82, 2.24) is 15.1 Å². The molecule has 1 spiro atoms. The molecule has 2 fully saturated rings. The molecule has 0 radical (unpaired) electrons. The number of benzene rings is 3. The number of ether oxygens (including phenoxy) is 6. The molecule has 0 saturated carbocycles. The van der Waals surface area contributed by atoms with Crippen LogP contribution in [-0.2, 0) is 32.7 Å². The quantitative estimate of drug-likeness (QED) is 0.214. The van der Waals surface area contributed by atoms with Crippen LogP contribution in [0.15, 0.2) is 18.2 Å². The van der Waals surface area contributed by atoms with E-state index in [0.717, 1.165) is 16.7 Å². The van der Waals surface area contributed by atoms with Crippen LogP contribution in [0, 0.1) is 13.8 Å². The van der Waals surface area contributed by atoms with E-state index in [1.165, 1.54) is 26.0 Å². The third-order valence-electron chi connectivity index (χ3n) is 12.7. The summed E-state index contributed by atoms with van der Waals surface area (Å²) in [5.41, 5.74) is 4.42. The van der Waals surface area contributed by atoms with Gasteiger partial charge in [0.2, 0.25) is 6.79 Å². The largest absolute Gasteiger partial charge is 0.504 e. The number of nitrogens with zero attached hydrogens (tertiary/aromatic N) is 2. The van der Waals surface area contributed by atoms with Crippen molar-refractivity contribution in [2.45, 2.75) is 87.6 Å². The van der Waals surface area contributed by atoms with Gasteiger partial charge in [0.25, 0.3) is 0 Å². The molecular weight excluding hydrogens is 743 g/mol. The van der Waals surface area contributed by atoms with Crippen LogP contribution >= 0.6 is 11.8 Å². The molecule has 4 N–H and O–H groups in total. The number of nitrogens with one attached hydrogen (secondary N) is 1. The molecule has 14 nitrogen and oxygen atoms in total. The molecule has 0 amide bonds. The van der Waals surface area contributed by atoms with Gasteiger partial charge in [-0.15, -0.1) is 11.8 Å². The van der Waals surface area contributed by atoms with Gasteiger partial charge >= 0.3 is 11.9 Å². The lowest BCUT2D eigenvalue weighted by atomic mass is 9.73. The monoisotopic (exact) mass is 789 g/mol. The van der Waals surface area contributed by atoms with E-state index in [2.05, 4.69) is 10.2 Å². The van der Waals surface area contributed by atoms with E-state index in [0.29, 0.717) is 76.6 Å². The van der Waals surface area contributed by atoms with Crippen LogP contribution in [0.2, 0.25) is 0 Å². The Morgan fingerprint density at radius 2 is 1.82 bits per heavy atom. The maximum atomic E-state index is 14.8. The first-order valence-electron chi connectivity index (χ1n) is 19.1. The lowest BCUT2D eigenvalue weighted by Crippen LogP contribution is -2.70. The van der Waals surface area contributed by atoms with Crippen molar-refractivity contribution < 1.29 is 53.3 Å². The Morgan fingerprint density at radius 1 is 1.04 bits per heavy atom. The number of hydrogen-bond acceptors (Lipinski definition) is 15. The molecule has 3 aromatic carbocycles. The first-order chi connectivity index (χ1) is 26.9. The summed E-state index contributed by atoms with van der Waals surface area (Å²) >= 11 is 1.48. The van der Waals surface area contributed by atoms with Gasteiger partial charge in [-0.2, -0.15) is 0 Å². The van der Waals surface area contributed by atoms with Gasteiger partial charge < -0.3 is 43.7 Å². The Kier molecular flexibility index (Phi) is 9.04. The summed E-state index contributed by atoms with van der Waals surface area (Å²) in [6, 6.07) is 3.15. The molecule has 0 aromatic heterocycles. The number of carbonyl (C=O) groups excluding carboxylic acids is 2. The fourth-order valence-electron chi connectivity index (χ4n) is 10.2. The molecule has 3 aromatic rings. The molecule has 2 saturated heterocycles. The zero-order valence-electron chi connectivity index (χ0n) is 32.3. The van der Waals surface area contributed by atoms with Gasteiger partial charge in [-0.05, 0) is 74.5 Å². The Labute approximate surface area is 328 Å². The first-order valence-corrected chi connectivity index (χ1v) is 20.2. The number of piperazine rings is 1. The van der Waals surface area contributed by atoms with Crippen LogP contribution in [0.25, 0.3) is 0 Å². The number of likely N-dealkylation sites (N-methyl/N-ethyl adjacent to an activating group) is 1. The highest BCUT2D eigenvalue weighted by Gasteiger charge is 2.61. The zero-order valence-corrected chi connectivity index (χ0v) is 33.1. The molecule has 15 heteroatoms. The summed E-state index contributed by atoms with van der Waals surface area (Å²) in [7, 11) is 4.97. The smallest absolute Gasteiger partial charge is 0.331 e. The van der Waals surface area contributed by atoms with Crippen LogP contribution < -0.4 is 29.0 Å². The minimum Gasteiger partial charge on any atom is -0.504 e.